The molecule has 4 aromatic rings. The number of amides is 1. The Balaban J connectivity index is 1.30. The zero-order chi connectivity index (χ0) is 30.2. The van der Waals surface area contributed by atoms with Gasteiger partial charge in [-0.15, -0.1) is 0 Å². The fourth-order valence-corrected chi connectivity index (χ4v) is 6.35. The van der Waals surface area contributed by atoms with Crippen molar-refractivity contribution in [3.05, 3.63) is 65.5 Å². The molecule has 230 valence electrons. The highest BCUT2D eigenvalue weighted by Gasteiger charge is 2.34. The summed E-state index contributed by atoms with van der Waals surface area (Å²) in [7, 11) is 5.29. The average Bonchev–Trinajstić information content (AvgIpc) is 3.47. The number of methoxy groups -OCH3 is 2. The van der Waals surface area contributed by atoms with Crippen molar-refractivity contribution < 1.29 is 23.7 Å². The molecule has 0 spiro atoms. The number of anilines is 3. The van der Waals surface area contributed by atoms with Crippen molar-refractivity contribution in [3.8, 4) is 11.5 Å². The number of aromatic nitrogens is 3. The van der Waals surface area contributed by atoms with E-state index in [2.05, 4.69) is 38.7 Å². The van der Waals surface area contributed by atoms with Crippen LogP contribution < -0.4 is 25.0 Å². The summed E-state index contributed by atoms with van der Waals surface area (Å²) in [5, 5.41) is 6.71. The quantitative estimate of drug-likeness (QED) is 0.304. The lowest BCUT2D eigenvalue weighted by Gasteiger charge is -2.37. The standard InChI is InChI=1S/C33H38N6O5/c1-38(17-22-4-5-25(41-2)15-29(22)42-3)27-16-30-35-24-13-20(12-23(14-24)21-8-10-43-11-9-21)18-44-28-7-6-26(28)36-33(40)39-19-34-31(27)32(39)37-30/h4-5,12-16,19,21,26,28H,6-11,17-18H2,1-3H3,(H,35,37)(H,36,40)/t26-,28-/m1/s1. The van der Waals surface area contributed by atoms with Gasteiger partial charge in [-0.1, -0.05) is 6.07 Å². The molecule has 0 unspecified atom stereocenters. The van der Waals surface area contributed by atoms with Crippen LogP contribution in [-0.2, 0) is 22.6 Å². The molecule has 1 saturated carbocycles. The van der Waals surface area contributed by atoms with Crippen molar-refractivity contribution in [1.82, 2.24) is 19.9 Å². The summed E-state index contributed by atoms with van der Waals surface area (Å²) >= 11 is 0. The number of fused-ring (bicyclic) bond motifs is 4. The number of benzene rings is 2. The monoisotopic (exact) mass is 598 g/mol. The van der Waals surface area contributed by atoms with Gasteiger partial charge in [0.05, 0.1) is 38.7 Å². The number of carbonyl (C=O) groups excluding carboxylic acids is 1. The number of rotatable bonds is 6. The highest BCUT2D eigenvalue weighted by molar-refractivity contribution is 5.95. The Bertz CT molecular complexity index is 1680. The minimum atomic E-state index is -0.265. The van der Waals surface area contributed by atoms with Crippen molar-refractivity contribution in [1.29, 1.82) is 0 Å². The Labute approximate surface area is 256 Å². The number of hydrogen-bond donors (Lipinski definition) is 2. The summed E-state index contributed by atoms with van der Waals surface area (Å²) in [6, 6.07) is 14.0. The van der Waals surface area contributed by atoms with Gasteiger partial charge in [0, 0.05) is 50.2 Å². The number of pyridine rings is 1. The van der Waals surface area contributed by atoms with Crippen molar-refractivity contribution in [2.45, 2.75) is 56.9 Å². The van der Waals surface area contributed by atoms with Gasteiger partial charge in [0.15, 0.2) is 5.65 Å². The lowest BCUT2D eigenvalue weighted by atomic mass is 9.88. The van der Waals surface area contributed by atoms with Gasteiger partial charge in [-0.25, -0.2) is 19.3 Å². The molecule has 7 rings (SSSR count). The first-order valence-electron chi connectivity index (χ1n) is 15.2. The van der Waals surface area contributed by atoms with E-state index in [0.717, 1.165) is 72.9 Å². The number of nitrogens with zero attached hydrogens (tertiary/aromatic N) is 4. The van der Waals surface area contributed by atoms with E-state index in [1.165, 1.54) is 10.1 Å². The van der Waals surface area contributed by atoms with Gasteiger partial charge in [-0.3, -0.25) is 0 Å². The molecule has 1 aliphatic carbocycles. The largest absolute Gasteiger partial charge is 0.497 e. The summed E-state index contributed by atoms with van der Waals surface area (Å²) in [6.45, 7) is 2.56. The average molecular weight is 599 g/mol. The molecule has 2 N–H and O–H groups in total. The van der Waals surface area contributed by atoms with E-state index in [9.17, 15) is 4.79 Å². The molecule has 3 aliphatic rings. The van der Waals surface area contributed by atoms with Gasteiger partial charge in [0.25, 0.3) is 0 Å². The van der Waals surface area contributed by atoms with Crippen LogP contribution in [0.3, 0.4) is 0 Å². The molecular weight excluding hydrogens is 560 g/mol. The van der Waals surface area contributed by atoms with Crippen LogP contribution in [0.4, 0.5) is 22.0 Å². The van der Waals surface area contributed by atoms with Crippen molar-refractivity contribution in [2.24, 2.45) is 0 Å². The zero-order valence-corrected chi connectivity index (χ0v) is 25.3. The number of nitrogens with one attached hydrogen (secondary N) is 2. The van der Waals surface area contributed by atoms with Gasteiger partial charge in [0.1, 0.15) is 29.2 Å². The van der Waals surface area contributed by atoms with Gasteiger partial charge in [-0.05, 0) is 67.0 Å². The minimum absolute atomic E-state index is 0.0375. The second-order valence-electron chi connectivity index (χ2n) is 11.8. The topological polar surface area (TPSA) is 112 Å². The van der Waals surface area contributed by atoms with E-state index in [-0.39, 0.29) is 18.2 Å². The fourth-order valence-electron chi connectivity index (χ4n) is 6.35. The first-order valence-corrected chi connectivity index (χ1v) is 15.2. The maximum absolute atomic E-state index is 13.5. The van der Waals surface area contributed by atoms with E-state index in [0.29, 0.717) is 36.1 Å². The molecule has 2 fully saturated rings. The molecule has 44 heavy (non-hydrogen) atoms. The van der Waals surface area contributed by atoms with Crippen LogP contribution in [0, 0.1) is 0 Å². The molecule has 2 aromatic heterocycles. The summed E-state index contributed by atoms with van der Waals surface area (Å²) in [6.07, 6.45) is 5.28. The molecule has 4 bridgehead atoms. The second kappa shape index (κ2) is 12.0. The molecule has 2 aromatic carbocycles. The Kier molecular flexibility index (Phi) is 7.73. The molecule has 11 heteroatoms. The van der Waals surface area contributed by atoms with Gasteiger partial charge >= 0.3 is 6.03 Å². The maximum atomic E-state index is 13.5. The van der Waals surface area contributed by atoms with Crippen molar-refractivity contribution in [3.63, 3.8) is 0 Å². The molecule has 11 nitrogen and oxygen atoms in total. The van der Waals surface area contributed by atoms with E-state index in [1.807, 2.05) is 31.3 Å². The summed E-state index contributed by atoms with van der Waals surface area (Å²) in [5.74, 6) is 2.50. The highest BCUT2D eigenvalue weighted by atomic mass is 16.5. The number of ether oxygens (including phenoxy) is 4. The SMILES string of the molecule is COc1ccc(CN(C)c2cc3nc4c2ncn4C(=O)N[C@@H]2CC[C@H]2OCc2cc(cc(C4CCOCC4)c2)N3)c(OC)c1. The van der Waals surface area contributed by atoms with E-state index < -0.39 is 0 Å². The van der Waals surface area contributed by atoms with E-state index in [1.54, 1.807) is 20.5 Å². The Morgan fingerprint density at radius 2 is 1.91 bits per heavy atom. The molecule has 4 heterocycles. The Morgan fingerprint density at radius 1 is 1.05 bits per heavy atom. The first-order chi connectivity index (χ1) is 21.5. The summed E-state index contributed by atoms with van der Waals surface area (Å²) in [4.78, 5) is 25.2. The maximum Gasteiger partial charge on any atom is 0.328 e. The highest BCUT2D eigenvalue weighted by Crippen LogP contribution is 2.35. The molecule has 1 amide bonds. The lowest BCUT2D eigenvalue weighted by Crippen LogP contribution is -2.52. The fraction of sp³-hybridized carbons (Fsp3) is 0.424. The van der Waals surface area contributed by atoms with Crippen LogP contribution >= 0.6 is 0 Å². The van der Waals surface area contributed by atoms with Gasteiger partial charge in [0.2, 0.25) is 0 Å². The van der Waals surface area contributed by atoms with Crippen LogP contribution in [0.2, 0.25) is 0 Å². The predicted molar refractivity (Wildman–Crippen MR) is 167 cm³/mol. The lowest BCUT2D eigenvalue weighted by molar-refractivity contribution is -0.0323. The summed E-state index contributed by atoms with van der Waals surface area (Å²) < 4.78 is 24.5. The number of carbonyl (C=O) groups is 1. The Morgan fingerprint density at radius 3 is 2.68 bits per heavy atom. The predicted octanol–water partition coefficient (Wildman–Crippen LogP) is 5.34. The van der Waals surface area contributed by atoms with E-state index in [4.69, 9.17) is 23.9 Å². The molecule has 2 atom stereocenters. The smallest absolute Gasteiger partial charge is 0.328 e. The number of hydrogen-bond acceptors (Lipinski definition) is 9. The second-order valence-corrected chi connectivity index (χ2v) is 11.8. The van der Waals surface area contributed by atoms with E-state index >= 15 is 0 Å². The normalized spacial score (nSPS) is 20.2. The molecular formula is C33H38N6O5. The minimum Gasteiger partial charge on any atom is -0.497 e. The zero-order valence-electron chi connectivity index (χ0n) is 25.3. The molecule has 1 saturated heterocycles. The van der Waals surface area contributed by atoms with Crippen LogP contribution in [0.25, 0.3) is 11.2 Å². The summed E-state index contributed by atoms with van der Waals surface area (Å²) in [5.41, 5.74) is 6.23. The van der Waals surface area contributed by atoms with Crippen LogP contribution in [-0.4, -0.2) is 67.2 Å². The van der Waals surface area contributed by atoms with Crippen molar-refractivity contribution >= 4 is 34.4 Å². The van der Waals surface area contributed by atoms with Crippen molar-refractivity contribution in [2.75, 3.05) is 44.7 Å². The van der Waals surface area contributed by atoms with Crippen LogP contribution in [0.1, 0.15) is 48.3 Å². The van der Waals surface area contributed by atoms with Crippen LogP contribution in [0.15, 0.2) is 48.8 Å². The van der Waals surface area contributed by atoms with Crippen LogP contribution in [0.5, 0.6) is 11.5 Å². The molecule has 2 aliphatic heterocycles. The Hall–Kier alpha value is -4.35. The third kappa shape index (κ3) is 5.53. The third-order valence-corrected chi connectivity index (χ3v) is 8.98. The molecule has 0 radical (unpaired) electrons. The first kappa shape index (κ1) is 28.4. The third-order valence-electron chi connectivity index (χ3n) is 8.98. The number of imidazole rings is 1. The van der Waals surface area contributed by atoms with Gasteiger partial charge < -0.3 is 34.5 Å². The van der Waals surface area contributed by atoms with Gasteiger partial charge in [-0.2, -0.15) is 0 Å².